The summed E-state index contributed by atoms with van der Waals surface area (Å²) in [5, 5.41) is 4.07. The SMILES string of the molecule is CCn1ccnc1-n1ccc(N)n1. The van der Waals surface area contributed by atoms with E-state index in [-0.39, 0.29) is 0 Å². The molecule has 0 atom stereocenters. The third-order valence-corrected chi connectivity index (χ3v) is 1.85. The number of hydrogen-bond acceptors (Lipinski definition) is 3. The first-order valence-corrected chi connectivity index (χ1v) is 4.14. The highest BCUT2D eigenvalue weighted by atomic mass is 15.4. The number of rotatable bonds is 2. The highest BCUT2D eigenvalue weighted by molar-refractivity contribution is 5.27. The fourth-order valence-corrected chi connectivity index (χ4v) is 1.21. The van der Waals surface area contributed by atoms with Crippen molar-refractivity contribution in [2.24, 2.45) is 0 Å². The number of aromatic nitrogens is 4. The van der Waals surface area contributed by atoms with Gasteiger partial charge in [0.25, 0.3) is 0 Å². The summed E-state index contributed by atoms with van der Waals surface area (Å²) in [4.78, 5) is 4.18. The van der Waals surface area contributed by atoms with E-state index in [9.17, 15) is 0 Å². The van der Waals surface area contributed by atoms with Crippen LogP contribution in [0.4, 0.5) is 5.82 Å². The highest BCUT2D eigenvalue weighted by Gasteiger charge is 2.03. The summed E-state index contributed by atoms with van der Waals surface area (Å²) in [6.45, 7) is 2.92. The monoisotopic (exact) mass is 177 g/mol. The van der Waals surface area contributed by atoms with Gasteiger partial charge < -0.3 is 10.3 Å². The minimum absolute atomic E-state index is 0.505. The Morgan fingerprint density at radius 1 is 1.46 bits per heavy atom. The molecule has 0 spiro atoms. The summed E-state index contributed by atoms with van der Waals surface area (Å²) in [7, 11) is 0. The normalized spacial score (nSPS) is 10.5. The molecule has 0 bridgehead atoms. The predicted molar refractivity (Wildman–Crippen MR) is 49.4 cm³/mol. The van der Waals surface area contributed by atoms with E-state index in [2.05, 4.69) is 17.0 Å². The largest absolute Gasteiger partial charge is 0.382 e. The highest BCUT2D eigenvalue weighted by Crippen LogP contribution is 2.05. The van der Waals surface area contributed by atoms with Gasteiger partial charge in [0, 0.05) is 31.2 Å². The van der Waals surface area contributed by atoms with E-state index in [1.165, 1.54) is 0 Å². The second-order valence-corrected chi connectivity index (χ2v) is 2.70. The van der Waals surface area contributed by atoms with Crippen molar-refractivity contribution in [2.75, 3.05) is 5.73 Å². The Morgan fingerprint density at radius 2 is 2.31 bits per heavy atom. The summed E-state index contributed by atoms with van der Waals surface area (Å²) < 4.78 is 3.66. The lowest BCUT2D eigenvalue weighted by molar-refractivity contribution is 0.687. The van der Waals surface area contributed by atoms with Gasteiger partial charge in [-0.2, -0.15) is 0 Å². The zero-order valence-corrected chi connectivity index (χ0v) is 7.38. The molecule has 0 radical (unpaired) electrons. The molecule has 2 N–H and O–H groups in total. The van der Waals surface area contributed by atoms with Crippen molar-refractivity contribution in [2.45, 2.75) is 13.5 Å². The molecule has 0 saturated carbocycles. The van der Waals surface area contributed by atoms with Gasteiger partial charge >= 0.3 is 0 Å². The summed E-state index contributed by atoms with van der Waals surface area (Å²) >= 11 is 0. The van der Waals surface area contributed by atoms with Crippen molar-refractivity contribution in [1.29, 1.82) is 0 Å². The topological polar surface area (TPSA) is 61.7 Å². The van der Waals surface area contributed by atoms with Crippen LogP contribution in [0.5, 0.6) is 0 Å². The predicted octanol–water partition coefficient (Wildman–Crippen LogP) is 0.671. The van der Waals surface area contributed by atoms with Gasteiger partial charge in [-0.1, -0.05) is 0 Å². The fraction of sp³-hybridized carbons (Fsp3) is 0.250. The third kappa shape index (κ3) is 1.28. The maximum atomic E-state index is 5.51. The molecule has 2 rings (SSSR count). The van der Waals surface area contributed by atoms with Gasteiger partial charge in [-0.15, -0.1) is 5.10 Å². The summed E-state index contributed by atoms with van der Waals surface area (Å²) in [5.41, 5.74) is 5.51. The van der Waals surface area contributed by atoms with Crippen LogP contribution in [0.3, 0.4) is 0 Å². The first-order valence-electron chi connectivity index (χ1n) is 4.14. The van der Waals surface area contributed by atoms with Gasteiger partial charge in [0.2, 0.25) is 5.95 Å². The van der Waals surface area contributed by atoms with Crippen molar-refractivity contribution in [3.05, 3.63) is 24.7 Å². The minimum atomic E-state index is 0.505. The second-order valence-electron chi connectivity index (χ2n) is 2.70. The smallest absolute Gasteiger partial charge is 0.230 e. The molecule has 68 valence electrons. The van der Waals surface area contributed by atoms with Gasteiger partial charge in [-0.05, 0) is 6.92 Å². The fourth-order valence-electron chi connectivity index (χ4n) is 1.21. The van der Waals surface area contributed by atoms with Crippen LogP contribution in [0, 0.1) is 0 Å². The zero-order chi connectivity index (χ0) is 9.26. The average molecular weight is 177 g/mol. The molecular weight excluding hydrogens is 166 g/mol. The molecule has 0 saturated heterocycles. The van der Waals surface area contributed by atoms with Crippen LogP contribution in [-0.2, 0) is 6.54 Å². The molecule has 0 unspecified atom stereocenters. The second kappa shape index (κ2) is 2.93. The number of anilines is 1. The molecule has 2 heterocycles. The number of imidazole rings is 1. The van der Waals surface area contributed by atoms with Crippen molar-refractivity contribution < 1.29 is 0 Å². The van der Waals surface area contributed by atoms with E-state index >= 15 is 0 Å². The van der Waals surface area contributed by atoms with E-state index in [1.54, 1.807) is 23.1 Å². The van der Waals surface area contributed by atoms with Gasteiger partial charge in [-0.25, -0.2) is 9.67 Å². The Bertz CT molecular complexity index is 400. The van der Waals surface area contributed by atoms with Crippen molar-refractivity contribution in [1.82, 2.24) is 19.3 Å². The van der Waals surface area contributed by atoms with Gasteiger partial charge in [-0.3, -0.25) is 0 Å². The lowest BCUT2D eigenvalue weighted by Crippen LogP contribution is -2.05. The number of aryl methyl sites for hydroxylation is 1. The Morgan fingerprint density at radius 3 is 2.92 bits per heavy atom. The first kappa shape index (κ1) is 7.85. The van der Waals surface area contributed by atoms with Crippen LogP contribution in [0.25, 0.3) is 5.95 Å². The molecule has 0 aromatic carbocycles. The van der Waals surface area contributed by atoms with Gasteiger partial charge in [0.15, 0.2) is 0 Å². The Balaban J connectivity index is 2.45. The molecule has 2 aromatic rings. The Kier molecular flexibility index (Phi) is 1.77. The number of nitrogen functional groups attached to an aromatic ring is 1. The summed E-state index contributed by atoms with van der Waals surface area (Å²) in [6.07, 6.45) is 5.45. The molecule has 0 amide bonds. The lowest BCUT2D eigenvalue weighted by atomic mass is 10.7. The van der Waals surface area contributed by atoms with Gasteiger partial charge in [0.05, 0.1) is 0 Å². The number of hydrogen-bond donors (Lipinski definition) is 1. The maximum Gasteiger partial charge on any atom is 0.230 e. The van der Waals surface area contributed by atoms with Crippen LogP contribution in [0.1, 0.15) is 6.92 Å². The van der Waals surface area contributed by atoms with Crippen molar-refractivity contribution in [3.8, 4) is 5.95 Å². The van der Waals surface area contributed by atoms with E-state index in [4.69, 9.17) is 5.73 Å². The van der Waals surface area contributed by atoms with E-state index < -0.39 is 0 Å². The van der Waals surface area contributed by atoms with Gasteiger partial charge in [0.1, 0.15) is 5.82 Å². The number of nitrogens with two attached hydrogens (primary N) is 1. The Hall–Kier alpha value is -1.78. The molecular formula is C8H11N5. The quantitative estimate of drug-likeness (QED) is 0.733. The molecule has 0 aliphatic carbocycles. The summed E-state index contributed by atoms with van der Waals surface area (Å²) in [5.74, 6) is 1.30. The Labute approximate surface area is 75.8 Å². The van der Waals surface area contributed by atoms with Crippen molar-refractivity contribution in [3.63, 3.8) is 0 Å². The van der Waals surface area contributed by atoms with E-state index in [1.807, 2.05) is 10.8 Å². The maximum absolute atomic E-state index is 5.51. The van der Waals surface area contributed by atoms with Crippen LogP contribution in [-0.4, -0.2) is 19.3 Å². The first-order chi connectivity index (χ1) is 6.31. The zero-order valence-electron chi connectivity index (χ0n) is 7.38. The number of nitrogens with zero attached hydrogens (tertiary/aromatic N) is 4. The lowest BCUT2D eigenvalue weighted by Gasteiger charge is -2.02. The van der Waals surface area contributed by atoms with Crippen LogP contribution in [0.2, 0.25) is 0 Å². The third-order valence-electron chi connectivity index (χ3n) is 1.85. The molecule has 2 aromatic heterocycles. The summed E-state index contributed by atoms with van der Waals surface area (Å²) in [6, 6.07) is 1.74. The minimum Gasteiger partial charge on any atom is -0.382 e. The van der Waals surface area contributed by atoms with Crippen LogP contribution < -0.4 is 5.73 Å². The van der Waals surface area contributed by atoms with Crippen LogP contribution >= 0.6 is 0 Å². The van der Waals surface area contributed by atoms with Crippen molar-refractivity contribution >= 4 is 5.82 Å². The standard InChI is InChI=1S/C8H11N5/c1-2-12-6-4-10-8(12)13-5-3-7(9)11-13/h3-6H,2H2,1H3,(H2,9,11). The molecule has 13 heavy (non-hydrogen) atoms. The van der Waals surface area contributed by atoms with E-state index in [0.29, 0.717) is 5.82 Å². The molecule has 5 nitrogen and oxygen atoms in total. The molecule has 0 aliphatic heterocycles. The molecule has 0 fully saturated rings. The molecule has 5 heteroatoms. The average Bonchev–Trinajstić information content (AvgIpc) is 2.71. The van der Waals surface area contributed by atoms with E-state index in [0.717, 1.165) is 12.5 Å². The van der Waals surface area contributed by atoms with Crippen LogP contribution in [0.15, 0.2) is 24.7 Å². The molecule has 0 aliphatic rings.